The lowest BCUT2D eigenvalue weighted by Crippen LogP contribution is -2.50. The van der Waals surface area contributed by atoms with Crippen molar-refractivity contribution >= 4 is 11.8 Å². The summed E-state index contributed by atoms with van der Waals surface area (Å²) in [5.41, 5.74) is 6.24. The number of amides is 2. The Morgan fingerprint density at radius 2 is 1.77 bits per heavy atom. The van der Waals surface area contributed by atoms with Gasteiger partial charge in [0.2, 0.25) is 5.91 Å². The average Bonchev–Trinajstić information content (AvgIpc) is 2.79. The molecule has 0 fully saturated rings. The van der Waals surface area contributed by atoms with Crippen LogP contribution in [0.2, 0.25) is 0 Å². The summed E-state index contributed by atoms with van der Waals surface area (Å²) in [6.45, 7) is 3.29. The van der Waals surface area contributed by atoms with E-state index < -0.39 is 5.92 Å². The zero-order valence-electron chi connectivity index (χ0n) is 17.7. The van der Waals surface area contributed by atoms with E-state index in [9.17, 15) is 9.59 Å². The third-order valence-electron chi connectivity index (χ3n) is 6.51. The van der Waals surface area contributed by atoms with Gasteiger partial charge in [-0.2, -0.15) is 0 Å². The van der Waals surface area contributed by atoms with Gasteiger partial charge in [-0.05, 0) is 48.1 Å². The quantitative estimate of drug-likeness (QED) is 0.701. The fourth-order valence-electron chi connectivity index (χ4n) is 5.07. The molecule has 0 unspecified atom stereocenters. The number of nitrogens with zero attached hydrogens (tertiary/aromatic N) is 1. The van der Waals surface area contributed by atoms with Gasteiger partial charge in [0.1, 0.15) is 0 Å². The lowest BCUT2D eigenvalue weighted by atomic mass is 9.76. The van der Waals surface area contributed by atoms with Gasteiger partial charge in [0, 0.05) is 18.7 Å². The van der Waals surface area contributed by atoms with Crippen molar-refractivity contribution in [2.75, 3.05) is 13.1 Å². The van der Waals surface area contributed by atoms with Crippen molar-refractivity contribution in [2.24, 2.45) is 0 Å². The minimum atomic E-state index is -0.409. The second-order valence-corrected chi connectivity index (χ2v) is 8.49. The summed E-state index contributed by atoms with van der Waals surface area (Å²) in [7, 11) is 0. The Labute approximate surface area is 182 Å². The lowest BCUT2D eigenvalue weighted by molar-refractivity contribution is -0.124. The van der Waals surface area contributed by atoms with Crippen LogP contribution in [0.3, 0.4) is 0 Å². The lowest BCUT2D eigenvalue weighted by Gasteiger charge is -2.45. The van der Waals surface area contributed by atoms with E-state index in [0.717, 1.165) is 24.0 Å². The molecule has 0 aliphatic carbocycles. The second-order valence-electron chi connectivity index (χ2n) is 8.49. The Hall–Kier alpha value is -3.40. The summed E-state index contributed by atoms with van der Waals surface area (Å²) >= 11 is 0. The van der Waals surface area contributed by atoms with E-state index in [0.29, 0.717) is 18.7 Å². The van der Waals surface area contributed by atoms with Crippen LogP contribution >= 0.6 is 0 Å². The van der Waals surface area contributed by atoms with Crippen LogP contribution in [0.25, 0.3) is 0 Å². The van der Waals surface area contributed by atoms with Crippen molar-refractivity contribution in [3.8, 4) is 0 Å². The molecule has 31 heavy (non-hydrogen) atoms. The van der Waals surface area contributed by atoms with Gasteiger partial charge < -0.3 is 10.2 Å². The number of nitrogens with one attached hydrogen (secondary N) is 1. The third kappa shape index (κ3) is 3.52. The number of carbonyl (C=O) groups excluding carboxylic acids is 2. The van der Waals surface area contributed by atoms with Gasteiger partial charge in [-0.1, -0.05) is 72.3 Å². The smallest absolute Gasteiger partial charge is 0.254 e. The molecular formula is C27H26N2O2. The molecule has 4 heteroatoms. The van der Waals surface area contributed by atoms with Crippen molar-refractivity contribution in [1.82, 2.24) is 10.2 Å². The summed E-state index contributed by atoms with van der Waals surface area (Å²) in [6, 6.07) is 23.9. The Kier molecular flexibility index (Phi) is 5.06. The highest BCUT2D eigenvalue weighted by atomic mass is 16.2. The number of hydrogen-bond acceptors (Lipinski definition) is 2. The van der Waals surface area contributed by atoms with Crippen LogP contribution in [-0.2, 0) is 17.6 Å². The Bertz CT molecular complexity index is 1150. The Morgan fingerprint density at radius 3 is 2.61 bits per heavy atom. The molecule has 2 atom stereocenters. The SMILES string of the molecule is Cc1cccc(CCNC(=O)[C@@H]2c3ccccc3C(=O)N3CCc4ccccc4[C@H]23)c1. The average molecular weight is 411 g/mol. The minimum absolute atomic E-state index is 0.0145. The minimum Gasteiger partial charge on any atom is -0.355 e. The van der Waals surface area contributed by atoms with Crippen LogP contribution in [0.15, 0.2) is 72.8 Å². The summed E-state index contributed by atoms with van der Waals surface area (Å²) in [4.78, 5) is 28.7. The molecule has 0 aromatic heterocycles. The van der Waals surface area contributed by atoms with Crippen molar-refractivity contribution < 1.29 is 9.59 Å². The zero-order chi connectivity index (χ0) is 21.4. The fourth-order valence-corrected chi connectivity index (χ4v) is 5.07. The first-order valence-corrected chi connectivity index (χ1v) is 10.9. The van der Waals surface area contributed by atoms with E-state index >= 15 is 0 Å². The van der Waals surface area contributed by atoms with E-state index in [-0.39, 0.29) is 17.9 Å². The first-order valence-electron chi connectivity index (χ1n) is 10.9. The zero-order valence-corrected chi connectivity index (χ0v) is 17.7. The van der Waals surface area contributed by atoms with E-state index in [1.54, 1.807) is 0 Å². The van der Waals surface area contributed by atoms with Crippen LogP contribution in [0, 0.1) is 6.92 Å². The third-order valence-corrected chi connectivity index (χ3v) is 6.51. The highest BCUT2D eigenvalue weighted by Crippen LogP contribution is 2.45. The van der Waals surface area contributed by atoms with E-state index in [4.69, 9.17) is 0 Å². The molecule has 156 valence electrons. The number of carbonyl (C=O) groups is 2. The maximum absolute atomic E-state index is 13.5. The standard InChI is InChI=1S/C27H26N2O2/c1-18-7-6-8-19(17-18)13-15-28-26(30)24-22-11-4-5-12-23(22)27(31)29-16-14-20-9-2-3-10-21(20)25(24)29/h2-12,17,24-25H,13-16H2,1H3,(H,28,30)/t24-,25-/m1/s1. The maximum Gasteiger partial charge on any atom is 0.254 e. The molecule has 0 bridgehead atoms. The second kappa shape index (κ2) is 8.03. The van der Waals surface area contributed by atoms with Gasteiger partial charge >= 0.3 is 0 Å². The summed E-state index contributed by atoms with van der Waals surface area (Å²) < 4.78 is 0. The van der Waals surface area contributed by atoms with Crippen LogP contribution < -0.4 is 5.32 Å². The number of aryl methyl sites for hydroxylation is 1. The molecule has 2 amide bonds. The van der Waals surface area contributed by atoms with E-state index in [2.05, 4.69) is 42.6 Å². The van der Waals surface area contributed by atoms with Crippen molar-refractivity contribution in [2.45, 2.75) is 31.7 Å². The van der Waals surface area contributed by atoms with Crippen LogP contribution in [0.1, 0.15) is 50.1 Å². The molecule has 0 saturated carbocycles. The molecule has 0 spiro atoms. The van der Waals surface area contributed by atoms with Gasteiger partial charge in [-0.3, -0.25) is 9.59 Å². The van der Waals surface area contributed by atoms with Crippen molar-refractivity contribution in [3.63, 3.8) is 0 Å². The largest absolute Gasteiger partial charge is 0.355 e. The Balaban J connectivity index is 1.46. The van der Waals surface area contributed by atoms with Gasteiger partial charge in [0.25, 0.3) is 5.91 Å². The van der Waals surface area contributed by atoms with E-state index in [1.807, 2.05) is 47.4 Å². The predicted octanol–water partition coefficient (Wildman–Crippen LogP) is 4.19. The molecule has 4 nitrogen and oxygen atoms in total. The normalized spacial score (nSPS) is 19.3. The van der Waals surface area contributed by atoms with Gasteiger partial charge in [-0.25, -0.2) is 0 Å². The molecule has 0 saturated heterocycles. The highest BCUT2D eigenvalue weighted by Gasteiger charge is 2.45. The maximum atomic E-state index is 13.5. The molecule has 3 aromatic carbocycles. The number of fused-ring (bicyclic) bond motifs is 4. The van der Waals surface area contributed by atoms with Crippen LogP contribution in [0.5, 0.6) is 0 Å². The van der Waals surface area contributed by atoms with Gasteiger partial charge in [-0.15, -0.1) is 0 Å². The topological polar surface area (TPSA) is 49.4 Å². The molecule has 0 radical (unpaired) electrons. The predicted molar refractivity (Wildman–Crippen MR) is 121 cm³/mol. The number of hydrogen-bond donors (Lipinski definition) is 1. The van der Waals surface area contributed by atoms with Crippen molar-refractivity contribution in [3.05, 3.63) is 106 Å². The molecule has 1 N–H and O–H groups in total. The van der Waals surface area contributed by atoms with Gasteiger partial charge in [0.05, 0.1) is 12.0 Å². The molecule has 2 aliphatic heterocycles. The highest BCUT2D eigenvalue weighted by molar-refractivity contribution is 6.01. The molecule has 3 aromatic rings. The summed E-state index contributed by atoms with van der Waals surface area (Å²) in [6.07, 6.45) is 1.61. The van der Waals surface area contributed by atoms with Crippen LogP contribution in [-0.4, -0.2) is 29.8 Å². The summed E-state index contributed by atoms with van der Waals surface area (Å²) in [5, 5.41) is 3.16. The molecular weight excluding hydrogens is 384 g/mol. The summed E-state index contributed by atoms with van der Waals surface area (Å²) in [5.74, 6) is -0.397. The molecule has 2 aliphatic rings. The first kappa shape index (κ1) is 19.6. The molecule has 5 rings (SSSR count). The number of benzene rings is 3. The fraction of sp³-hybridized carbons (Fsp3) is 0.259. The molecule has 2 heterocycles. The Morgan fingerprint density at radius 1 is 1.00 bits per heavy atom. The van der Waals surface area contributed by atoms with E-state index in [1.165, 1.54) is 16.7 Å². The first-order chi connectivity index (χ1) is 15.1. The number of rotatable bonds is 4. The van der Waals surface area contributed by atoms with Crippen LogP contribution in [0.4, 0.5) is 0 Å². The van der Waals surface area contributed by atoms with Crippen molar-refractivity contribution in [1.29, 1.82) is 0 Å². The monoisotopic (exact) mass is 410 g/mol. The van der Waals surface area contributed by atoms with Gasteiger partial charge in [0.15, 0.2) is 0 Å².